The Kier molecular flexibility index (Phi) is 2.89. The van der Waals surface area contributed by atoms with Gasteiger partial charge in [0.2, 0.25) is 0 Å². The average molecular weight is 270 g/mol. The van der Waals surface area contributed by atoms with Gasteiger partial charge in [-0.05, 0) is 24.5 Å². The van der Waals surface area contributed by atoms with Gasteiger partial charge in [-0.15, -0.1) is 0 Å². The summed E-state index contributed by atoms with van der Waals surface area (Å²) in [5, 5.41) is 0. The van der Waals surface area contributed by atoms with Gasteiger partial charge in [-0.3, -0.25) is 14.2 Å². The monoisotopic (exact) mass is 270 g/mol. The summed E-state index contributed by atoms with van der Waals surface area (Å²) in [4.78, 5) is 37.8. The van der Waals surface area contributed by atoms with E-state index in [9.17, 15) is 14.4 Å². The zero-order valence-electron chi connectivity index (χ0n) is 11.1. The SMILES string of the molecule is CC(=O)c1c[nH]c(=O)n(CC2Cc3ccccc32)c1=O. The molecule has 0 fully saturated rings. The van der Waals surface area contributed by atoms with Crippen LogP contribution in [0.2, 0.25) is 0 Å². The van der Waals surface area contributed by atoms with E-state index in [1.807, 2.05) is 24.3 Å². The third-order valence-corrected chi connectivity index (χ3v) is 3.80. The summed E-state index contributed by atoms with van der Waals surface area (Å²) in [6, 6.07) is 7.98. The van der Waals surface area contributed by atoms with Crippen LogP contribution in [0.25, 0.3) is 0 Å². The van der Waals surface area contributed by atoms with Gasteiger partial charge >= 0.3 is 5.69 Å². The van der Waals surface area contributed by atoms with Crippen LogP contribution in [0.1, 0.15) is 34.3 Å². The van der Waals surface area contributed by atoms with E-state index in [0.29, 0.717) is 6.54 Å². The van der Waals surface area contributed by atoms with Gasteiger partial charge in [-0.2, -0.15) is 0 Å². The molecule has 0 radical (unpaired) electrons. The minimum atomic E-state index is -0.509. The third kappa shape index (κ3) is 1.91. The minimum Gasteiger partial charge on any atom is -0.313 e. The quantitative estimate of drug-likeness (QED) is 0.848. The average Bonchev–Trinajstić information content (AvgIpc) is 2.38. The van der Waals surface area contributed by atoms with Gasteiger partial charge in [0.1, 0.15) is 0 Å². The lowest BCUT2D eigenvalue weighted by atomic mass is 9.77. The van der Waals surface area contributed by atoms with E-state index >= 15 is 0 Å². The van der Waals surface area contributed by atoms with E-state index in [2.05, 4.69) is 4.98 Å². The van der Waals surface area contributed by atoms with Crippen molar-refractivity contribution in [3.8, 4) is 0 Å². The highest BCUT2D eigenvalue weighted by molar-refractivity contribution is 5.93. The predicted octanol–water partition coefficient (Wildman–Crippen LogP) is 1.08. The molecule has 20 heavy (non-hydrogen) atoms. The largest absolute Gasteiger partial charge is 0.328 e. The number of hydrogen-bond acceptors (Lipinski definition) is 3. The molecule has 1 heterocycles. The third-order valence-electron chi connectivity index (χ3n) is 3.80. The smallest absolute Gasteiger partial charge is 0.313 e. The first-order chi connectivity index (χ1) is 9.58. The molecule has 0 saturated heterocycles. The fourth-order valence-electron chi connectivity index (χ4n) is 2.68. The maximum atomic E-state index is 12.1. The van der Waals surface area contributed by atoms with Crippen molar-refractivity contribution >= 4 is 5.78 Å². The number of aromatic amines is 1. The molecule has 1 aromatic heterocycles. The Morgan fingerprint density at radius 2 is 2.10 bits per heavy atom. The summed E-state index contributed by atoms with van der Waals surface area (Å²) >= 11 is 0. The normalized spacial score (nSPS) is 16.4. The molecular formula is C15H14N2O3. The van der Waals surface area contributed by atoms with Crippen molar-refractivity contribution in [2.24, 2.45) is 0 Å². The van der Waals surface area contributed by atoms with Gasteiger partial charge in [-0.25, -0.2) is 4.79 Å². The van der Waals surface area contributed by atoms with E-state index in [1.165, 1.54) is 24.2 Å². The molecule has 0 saturated carbocycles. The number of benzene rings is 1. The lowest BCUT2D eigenvalue weighted by Gasteiger charge is -2.30. The van der Waals surface area contributed by atoms with Crippen molar-refractivity contribution in [1.29, 1.82) is 0 Å². The van der Waals surface area contributed by atoms with E-state index in [4.69, 9.17) is 0 Å². The summed E-state index contributed by atoms with van der Waals surface area (Å²) < 4.78 is 1.12. The molecule has 0 spiro atoms. The Balaban J connectivity index is 1.97. The zero-order valence-corrected chi connectivity index (χ0v) is 11.1. The van der Waals surface area contributed by atoms with Crippen molar-refractivity contribution in [3.05, 3.63) is 68.0 Å². The summed E-state index contributed by atoms with van der Waals surface area (Å²) in [5.41, 5.74) is 1.48. The molecule has 3 rings (SSSR count). The Bertz CT molecular complexity index is 801. The van der Waals surface area contributed by atoms with Crippen LogP contribution in [0, 0.1) is 0 Å². The molecule has 5 heteroatoms. The molecule has 0 bridgehead atoms. The number of ketones is 1. The van der Waals surface area contributed by atoms with E-state index < -0.39 is 11.2 Å². The predicted molar refractivity (Wildman–Crippen MR) is 74.2 cm³/mol. The number of carbonyl (C=O) groups excluding carboxylic acids is 1. The van der Waals surface area contributed by atoms with E-state index in [-0.39, 0.29) is 17.3 Å². The van der Waals surface area contributed by atoms with Crippen LogP contribution in [0.5, 0.6) is 0 Å². The van der Waals surface area contributed by atoms with Crippen molar-refractivity contribution < 1.29 is 4.79 Å². The molecule has 1 aliphatic rings. The standard InChI is InChI=1S/C15H14N2O3/c1-9(18)13-7-16-15(20)17(14(13)19)8-11-6-10-4-2-3-5-12(10)11/h2-5,7,11H,6,8H2,1H3,(H,16,20). The molecule has 2 aromatic rings. The lowest BCUT2D eigenvalue weighted by Crippen LogP contribution is -2.40. The van der Waals surface area contributed by atoms with Crippen LogP contribution in [-0.2, 0) is 13.0 Å². The number of fused-ring (bicyclic) bond motifs is 1. The highest BCUT2D eigenvalue weighted by Crippen LogP contribution is 2.35. The number of nitrogens with zero attached hydrogens (tertiary/aromatic N) is 1. The number of hydrogen-bond donors (Lipinski definition) is 1. The first kappa shape index (κ1) is 12.6. The number of nitrogens with one attached hydrogen (secondary N) is 1. The van der Waals surface area contributed by atoms with Crippen molar-refractivity contribution in [2.75, 3.05) is 0 Å². The molecule has 0 amide bonds. The maximum absolute atomic E-state index is 12.1. The Hall–Kier alpha value is -2.43. The summed E-state index contributed by atoms with van der Waals surface area (Å²) in [7, 11) is 0. The maximum Gasteiger partial charge on any atom is 0.328 e. The van der Waals surface area contributed by atoms with Crippen LogP contribution < -0.4 is 11.2 Å². The number of carbonyl (C=O) groups is 1. The van der Waals surface area contributed by atoms with Crippen LogP contribution in [-0.4, -0.2) is 15.3 Å². The van der Waals surface area contributed by atoms with Crippen molar-refractivity contribution in [1.82, 2.24) is 9.55 Å². The van der Waals surface area contributed by atoms with Gasteiger partial charge in [0, 0.05) is 18.7 Å². The fourth-order valence-corrected chi connectivity index (χ4v) is 2.68. The second-order valence-corrected chi connectivity index (χ2v) is 5.08. The van der Waals surface area contributed by atoms with Gasteiger partial charge in [-0.1, -0.05) is 24.3 Å². The minimum absolute atomic E-state index is 0.0252. The fraction of sp³-hybridized carbons (Fsp3) is 0.267. The molecule has 102 valence electrons. The molecule has 1 aromatic carbocycles. The summed E-state index contributed by atoms with van der Waals surface area (Å²) in [6.45, 7) is 1.63. The molecule has 0 aliphatic heterocycles. The second kappa shape index (κ2) is 4.59. The highest BCUT2D eigenvalue weighted by atomic mass is 16.2. The number of H-pyrrole nitrogens is 1. The van der Waals surface area contributed by atoms with Crippen LogP contribution in [0.4, 0.5) is 0 Å². The molecule has 1 unspecified atom stereocenters. The Morgan fingerprint density at radius 1 is 1.35 bits per heavy atom. The first-order valence-corrected chi connectivity index (χ1v) is 6.49. The number of aromatic nitrogens is 2. The number of Topliss-reactive ketones (excluding diaryl/α,β-unsaturated/α-hetero) is 1. The zero-order chi connectivity index (χ0) is 14.3. The van der Waals surface area contributed by atoms with Crippen molar-refractivity contribution in [2.45, 2.75) is 25.8 Å². The molecule has 1 N–H and O–H groups in total. The Labute approximate surface area is 114 Å². The van der Waals surface area contributed by atoms with Gasteiger partial charge in [0.15, 0.2) is 5.78 Å². The van der Waals surface area contributed by atoms with Crippen LogP contribution >= 0.6 is 0 Å². The second-order valence-electron chi connectivity index (χ2n) is 5.08. The summed E-state index contributed by atoms with van der Waals surface area (Å²) in [6.07, 6.45) is 2.05. The molecule has 5 nitrogen and oxygen atoms in total. The van der Waals surface area contributed by atoms with Gasteiger partial charge < -0.3 is 4.98 Å². The first-order valence-electron chi connectivity index (χ1n) is 6.49. The topological polar surface area (TPSA) is 71.9 Å². The highest BCUT2D eigenvalue weighted by Gasteiger charge is 2.27. The van der Waals surface area contributed by atoms with Crippen LogP contribution in [0.3, 0.4) is 0 Å². The molecule has 1 aliphatic carbocycles. The van der Waals surface area contributed by atoms with E-state index in [1.54, 1.807) is 0 Å². The van der Waals surface area contributed by atoms with E-state index in [0.717, 1.165) is 11.0 Å². The number of rotatable bonds is 3. The molecular weight excluding hydrogens is 256 g/mol. The lowest BCUT2D eigenvalue weighted by molar-refractivity contribution is 0.101. The van der Waals surface area contributed by atoms with Crippen LogP contribution in [0.15, 0.2) is 40.1 Å². The Morgan fingerprint density at radius 3 is 2.80 bits per heavy atom. The van der Waals surface area contributed by atoms with Crippen molar-refractivity contribution in [3.63, 3.8) is 0 Å². The van der Waals surface area contributed by atoms with Gasteiger partial charge in [0.05, 0.1) is 5.56 Å². The molecule has 1 atom stereocenters. The summed E-state index contributed by atoms with van der Waals surface area (Å²) in [5.74, 6) is -0.179. The van der Waals surface area contributed by atoms with Gasteiger partial charge in [0.25, 0.3) is 5.56 Å².